The first-order valence-corrected chi connectivity index (χ1v) is 7.63. The fourth-order valence-corrected chi connectivity index (χ4v) is 3.72. The molecule has 20 heavy (non-hydrogen) atoms. The topological polar surface area (TPSA) is 35.5 Å². The summed E-state index contributed by atoms with van der Waals surface area (Å²) in [5.41, 5.74) is 0.909. The molecule has 2 aliphatic rings. The molecule has 4 heteroatoms. The molecule has 1 aliphatic carbocycles. The Morgan fingerprint density at radius 2 is 2.05 bits per heavy atom. The standard InChI is InChI=1S/C16H23FN2O/c17-14-4-5-15(20)13(10-14)11-19-9-8-18-12-16(19)6-2-1-3-7-16/h4-5,10,18,20H,1-3,6-9,11-12H2. The Balaban J connectivity index is 1.81. The van der Waals surface area contributed by atoms with E-state index in [1.807, 2.05) is 0 Å². The van der Waals surface area contributed by atoms with Gasteiger partial charge in [-0.1, -0.05) is 19.3 Å². The summed E-state index contributed by atoms with van der Waals surface area (Å²) < 4.78 is 13.4. The molecule has 0 atom stereocenters. The summed E-state index contributed by atoms with van der Waals surface area (Å²) in [5.74, 6) is -0.0680. The van der Waals surface area contributed by atoms with Crippen LogP contribution in [0, 0.1) is 5.82 Å². The lowest BCUT2D eigenvalue weighted by Crippen LogP contribution is -2.61. The summed E-state index contributed by atoms with van der Waals surface area (Å²) in [6, 6.07) is 4.24. The Labute approximate surface area is 119 Å². The monoisotopic (exact) mass is 278 g/mol. The smallest absolute Gasteiger partial charge is 0.123 e. The van der Waals surface area contributed by atoms with Crippen LogP contribution in [0.1, 0.15) is 37.7 Å². The van der Waals surface area contributed by atoms with Crippen LogP contribution in [-0.2, 0) is 6.54 Å². The van der Waals surface area contributed by atoms with Crippen LogP contribution < -0.4 is 5.32 Å². The largest absolute Gasteiger partial charge is 0.508 e. The zero-order chi connectivity index (χ0) is 14.0. The lowest BCUT2D eigenvalue weighted by molar-refractivity contribution is 0.0203. The number of aromatic hydroxyl groups is 1. The number of halogens is 1. The number of benzene rings is 1. The van der Waals surface area contributed by atoms with Crippen molar-refractivity contribution >= 4 is 0 Å². The minimum atomic E-state index is -0.273. The van der Waals surface area contributed by atoms with Crippen LogP contribution in [0.2, 0.25) is 0 Å². The predicted molar refractivity (Wildman–Crippen MR) is 77.2 cm³/mol. The molecular weight excluding hydrogens is 255 g/mol. The van der Waals surface area contributed by atoms with Crippen molar-refractivity contribution in [3.63, 3.8) is 0 Å². The maximum absolute atomic E-state index is 13.4. The van der Waals surface area contributed by atoms with Gasteiger partial charge in [-0.25, -0.2) is 4.39 Å². The van der Waals surface area contributed by atoms with E-state index in [2.05, 4.69) is 10.2 Å². The van der Waals surface area contributed by atoms with E-state index in [0.717, 1.165) is 19.6 Å². The van der Waals surface area contributed by atoms with Crippen LogP contribution >= 0.6 is 0 Å². The molecule has 0 amide bonds. The van der Waals surface area contributed by atoms with Crippen molar-refractivity contribution in [2.75, 3.05) is 19.6 Å². The minimum absolute atomic E-state index is 0.204. The molecule has 1 aromatic carbocycles. The van der Waals surface area contributed by atoms with Gasteiger partial charge in [0.2, 0.25) is 0 Å². The number of hydrogen-bond acceptors (Lipinski definition) is 3. The van der Waals surface area contributed by atoms with E-state index in [-0.39, 0.29) is 17.1 Å². The van der Waals surface area contributed by atoms with E-state index in [4.69, 9.17) is 0 Å². The van der Waals surface area contributed by atoms with Crippen LogP contribution in [0.25, 0.3) is 0 Å². The third-order valence-corrected chi connectivity index (χ3v) is 4.87. The Morgan fingerprint density at radius 3 is 2.85 bits per heavy atom. The van der Waals surface area contributed by atoms with Gasteiger partial charge in [0.15, 0.2) is 0 Å². The quantitative estimate of drug-likeness (QED) is 0.873. The highest BCUT2D eigenvalue weighted by atomic mass is 19.1. The molecule has 0 unspecified atom stereocenters. The Morgan fingerprint density at radius 1 is 1.25 bits per heavy atom. The summed E-state index contributed by atoms with van der Waals surface area (Å²) in [6.07, 6.45) is 6.27. The number of nitrogens with one attached hydrogen (secondary N) is 1. The van der Waals surface area contributed by atoms with Crippen LogP contribution in [0.4, 0.5) is 4.39 Å². The van der Waals surface area contributed by atoms with E-state index >= 15 is 0 Å². The van der Waals surface area contributed by atoms with Crippen LogP contribution in [-0.4, -0.2) is 35.2 Å². The van der Waals surface area contributed by atoms with Crippen molar-refractivity contribution in [2.45, 2.75) is 44.2 Å². The number of hydrogen-bond donors (Lipinski definition) is 2. The van der Waals surface area contributed by atoms with Crippen molar-refractivity contribution in [3.05, 3.63) is 29.6 Å². The second-order valence-electron chi connectivity index (χ2n) is 6.16. The Kier molecular flexibility index (Phi) is 3.94. The van der Waals surface area contributed by atoms with Crippen molar-refractivity contribution in [1.82, 2.24) is 10.2 Å². The van der Waals surface area contributed by atoms with Gasteiger partial charge in [0.25, 0.3) is 0 Å². The highest BCUT2D eigenvalue weighted by Gasteiger charge is 2.39. The summed E-state index contributed by atoms with van der Waals surface area (Å²) in [7, 11) is 0. The lowest BCUT2D eigenvalue weighted by Gasteiger charge is -2.50. The van der Waals surface area contributed by atoms with Gasteiger partial charge in [0.05, 0.1) is 0 Å². The van der Waals surface area contributed by atoms with E-state index in [1.165, 1.54) is 50.3 Å². The van der Waals surface area contributed by atoms with Gasteiger partial charge in [-0.3, -0.25) is 4.90 Å². The molecule has 3 rings (SSSR count). The van der Waals surface area contributed by atoms with Gasteiger partial charge in [-0.05, 0) is 31.0 Å². The van der Waals surface area contributed by atoms with Gasteiger partial charge in [0.1, 0.15) is 11.6 Å². The fourth-order valence-electron chi connectivity index (χ4n) is 3.72. The molecule has 0 bridgehead atoms. The predicted octanol–water partition coefficient (Wildman–Crippen LogP) is 2.64. The fraction of sp³-hybridized carbons (Fsp3) is 0.625. The number of piperazine rings is 1. The molecule has 1 aliphatic heterocycles. The maximum Gasteiger partial charge on any atom is 0.123 e. The third-order valence-electron chi connectivity index (χ3n) is 4.87. The molecule has 1 aromatic rings. The van der Waals surface area contributed by atoms with E-state index in [0.29, 0.717) is 12.1 Å². The third kappa shape index (κ3) is 2.67. The van der Waals surface area contributed by atoms with Crippen molar-refractivity contribution in [1.29, 1.82) is 0 Å². The zero-order valence-electron chi connectivity index (χ0n) is 11.9. The number of phenolic OH excluding ortho intramolecular Hbond substituents is 1. The van der Waals surface area contributed by atoms with Gasteiger partial charge < -0.3 is 10.4 Å². The van der Waals surface area contributed by atoms with E-state index < -0.39 is 0 Å². The molecule has 110 valence electrons. The number of phenols is 1. The van der Waals surface area contributed by atoms with Gasteiger partial charge in [0, 0.05) is 37.3 Å². The summed E-state index contributed by atoms with van der Waals surface area (Å²) in [6.45, 7) is 3.60. The lowest BCUT2D eigenvalue weighted by atomic mass is 9.79. The van der Waals surface area contributed by atoms with Crippen LogP contribution in [0.3, 0.4) is 0 Å². The molecule has 1 spiro atoms. The Bertz CT molecular complexity index is 463. The number of nitrogens with zero attached hydrogens (tertiary/aromatic N) is 1. The molecular formula is C16H23FN2O. The molecule has 0 aromatic heterocycles. The van der Waals surface area contributed by atoms with Gasteiger partial charge >= 0.3 is 0 Å². The van der Waals surface area contributed by atoms with Gasteiger partial charge in [-0.15, -0.1) is 0 Å². The average molecular weight is 278 g/mol. The molecule has 1 heterocycles. The molecule has 2 fully saturated rings. The highest BCUT2D eigenvalue weighted by Crippen LogP contribution is 2.36. The van der Waals surface area contributed by atoms with Gasteiger partial charge in [-0.2, -0.15) is 0 Å². The first-order valence-electron chi connectivity index (χ1n) is 7.63. The van der Waals surface area contributed by atoms with Crippen LogP contribution in [0.5, 0.6) is 5.75 Å². The minimum Gasteiger partial charge on any atom is -0.508 e. The summed E-state index contributed by atoms with van der Waals surface area (Å²) in [4.78, 5) is 2.46. The normalized spacial score (nSPS) is 23.1. The van der Waals surface area contributed by atoms with Crippen molar-refractivity contribution in [3.8, 4) is 5.75 Å². The average Bonchev–Trinajstić information content (AvgIpc) is 2.46. The first kappa shape index (κ1) is 13.8. The Hall–Kier alpha value is -1.13. The zero-order valence-corrected chi connectivity index (χ0v) is 11.9. The second-order valence-corrected chi connectivity index (χ2v) is 6.16. The highest BCUT2D eigenvalue weighted by molar-refractivity contribution is 5.32. The molecule has 3 nitrogen and oxygen atoms in total. The molecule has 2 N–H and O–H groups in total. The first-order chi connectivity index (χ1) is 9.70. The summed E-state index contributed by atoms with van der Waals surface area (Å²) >= 11 is 0. The SMILES string of the molecule is Oc1ccc(F)cc1CN1CCNCC12CCCCC2. The molecule has 1 saturated heterocycles. The number of rotatable bonds is 2. The molecule has 1 saturated carbocycles. The van der Waals surface area contributed by atoms with Crippen molar-refractivity contribution in [2.24, 2.45) is 0 Å². The van der Waals surface area contributed by atoms with Crippen LogP contribution in [0.15, 0.2) is 18.2 Å². The summed E-state index contributed by atoms with van der Waals surface area (Å²) in [5, 5.41) is 13.5. The second kappa shape index (κ2) is 5.70. The van der Waals surface area contributed by atoms with E-state index in [1.54, 1.807) is 0 Å². The molecule has 0 radical (unpaired) electrons. The van der Waals surface area contributed by atoms with Crippen molar-refractivity contribution < 1.29 is 9.50 Å². The van der Waals surface area contributed by atoms with E-state index in [9.17, 15) is 9.50 Å². The maximum atomic E-state index is 13.4.